The number of sulfone groups is 1. The second-order valence-electron chi connectivity index (χ2n) is 6.88. The molecule has 0 bridgehead atoms. The van der Waals surface area contributed by atoms with E-state index in [1.807, 2.05) is 4.90 Å². The van der Waals surface area contributed by atoms with Gasteiger partial charge in [-0.15, -0.1) is 0 Å². The van der Waals surface area contributed by atoms with Gasteiger partial charge in [-0.25, -0.2) is 12.8 Å². The molecule has 2 N–H and O–H groups in total. The monoisotopic (exact) mass is 405 g/mol. The van der Waals surface area contributed by atoms with Gasteiger partial charge < -0.3 is 10.6 Å². The standard InChI is InChI=1S/C20H24FN3O3S/c21-16-6-8-18(9-7-16)23-20(25)14-24-12-10-17(11-13-24)22-15-28(26,27)19-4-2-1-3-5-19/h1-9,17,22H,10-15H2,(H,23,25). The van der Waals surface area contributed by atoms with Gasteiger partial charge in [0.15, 0.2) is 9.84 Å². The van der Waals surface area contributed by atoms with Crippen molar-refractivity contribution >= 4 is 21.4 Å². The van der Waals surface area contributed by atoms with Crippen molar-refractivity contribution in [1.29, 1.82) is 0 Å². The van der Waals surface area contributed by atoms with Gasteiger partial charge in [0.1, 0.15) is 11.7 Å². The highest BCUT2D eigenvalue weighted by Gasteiger charge is 2.23. The molecule has 8 heteroatoms. The zero-order valence-electron chi connectivity index (χ0n) is 15.5. The first-order valence-electron chi connectivity index (χ1n) is 9.21. The van der Waals surface area contributed by atoms with Crippen molar-refractivity contribution in [1.82, 2.24) is 10.2 Å². The van der Waals surface area contributed by atoms with Crippen molar-refractivity contribution in [2.24, 2.45) is 0 Å². The molecule has 2 aromatic carbocycles. The smallest absolute Gasteiger partial charge is 0.238 e. The van der Waals surface area contributed by atoms with E-state index in [1.54, 1.807) is 30.3 Å². The molecule has 1 aliphatic rings. The lowest BCUT2D eigenvalue weighted by Crippen LogP contribution is -2.46. The van der Waals surface area contributed by atoms with E-state index in [-0.39, 0.29) is 30.2 Å². The fourth-order valence-corrected chi connectivity index (χ4v) is 4.36. The number of piperidine rings is 1. The summed E-state index contributed by atoms with van der Waals surface area (Å²) in [6.07, 6.45) is 1.54. The van der Waals surface area contributed by atoms with Crippen LogP contribution >= 0.6 is 0 Å². The lowest BCUT2D eigenvalue weighted by Gasteiger charge is -2.31. The average Bonchev–Trinajstić information content (AvgIpc) is 2.70. The predicted molar refractivity (Wildman–Crippen MR) is 106 cm³/mol. The fourth-order valence-electron chi connectivity index (χ4n) is 3.17. The number of amides is 1. The average molecular weight is 405 g/mol. The third-order valence-electron chi connectivity index (χ3n) is 4.75. The highest BCUT2D eigenvalue weighted by atomic mass is 32.2. The van der Waals surface area contributed by atoms with Gasteiger partial charge in [-0.05, 0) is 49.2 Å². The summed E-state index contributed by atoms with van der Waals surface area (Å²) in [6, 6.07) is 14.2. The van der Waals surface area contributed by atoms with E-state index in [0.29, 0.717) is 23.7 Å². The molecule has 28 heavy (non-hydrogen) atoms. The van der Waals surface area contributed by atoms with Crippen LogP contribution in [0, 0.1) is 5.82 Å². The van der Waals surface area contributed by atoms with Crippen LogP contribution in [0.2, 0.25) is 0 Å². The van der Waals surface area contributed by atoms with Crippen molar-refractivity contribution in [3.8, 4) is 0 Å². The third-order valence-corrected chi connectivity index (χ3v) is 6.28. The molecular formula is C20H24FN3O3S. The Morgan fingerprint density at radius 1 is 1.04 bits per heavy atom. The Bertz CT molecular complexity index is 881. The van der Waals surface area contributed by atoms with Crippen LogP contribution in [0.5, 0.6) is 0 Å². The number of anilines is 1. The summed E-state index contributed by atoms with van der Waals surface area (Å²) >= 11 is 0. The quantitative estimate of drug-likeness (QED) is 0.739. The van der Waals surface area contributed by atoms with Crippen LogP contribution in [0.15, 0.2) is 59.5 Å². The Kier molecular flexibility index (Phi) is 6.77. The van der Waals surface area contributed by atoms with E-state index in [2.05, 4.69) is 10.6 Å². The Morgan fingerprint density at radius 2 is 1.68 bits per heavy atom. The molecule has 1 heterocycles. The minimum atomic E-state index is -3.35. The van der Waals surface area contributed by atoms with Crippen molar-refractivity contribution in [2.45, 2.75) is 23.8 Å². The number of likely N-dealkylation sites (tertiary alicyclic amines) is 1. The maximum absolute atomic E-state index is 12.9. The van der Waals surface area contributed by atoms with E-state index >= 15 is 0 Å². The number of rotatable bonds is 7. The van der Waals surface area contributed by atoms with Crippen molar-refractivity contribution in [2.75, 3.05) is 30.8 Å². The van der Waals surface area contributed by atoms with Gasteiger partial charge in [0.25, 0.3) is 0 Å². The third kappa shape index (κ3) is 5.85. The molecule has 150 valence electrons. The number of hydrogen-bond donors (Lipinski definition) is 2. The van der Waals surface area contributed by atoms with E-state index < -0.39 is 9.84 Å². The number of hydrogen-bond acceptors (Lipinski definition) is 5. The number of nitrogens with zero attached hydrogens (tertiary/aromatic N) is 1. The predicted octanol–water partition coefficient (Wildman–Crippen LogP) is 2.25. The van der Waals surface area contributed by atoms with E-state index in [0.717, 1.165) is 12.8 Å². The Hall–Kier alpha value is -2.29. The summed E-state index contributed by atoms with van der Waals surface area (Å²) in [5.74, 6) is -0.585. The topological polar surface area (TPSA) is 78.5 Å². The first-order valence-corrected chi connectivity index (χ1v) is 10.9. The van der Waals surface area contributed by atoms with E-state index in [4.69, 9.17) is 0 Å². The molecule has 2 aromatic rings. The molecule has 0 unspecified atom stereocenters. The number of benzene rings is 2. The fraction of sp³-hybridized carbons (Fsp3) is 0.350. The Balaban J connectivity index is 1.40. The molecule has 3 rings (SSSR count). The SMILES string of the molecule is O=C(CN1CCC(NCS(=O)(=O)c2ccccc2)CC1)Nc1ccc(F)cc1. The number of halogens is 1. The lowest BCUT2D eigenvalue weighted by molar-refractivity contribution is -0.117. The number of carbonyl (C=O) groups is 1. The number of carbonyl (C=O) groups excluding carboxylic acids is 1. The number of nitrogens with one attached hydrogen (secondary N) is 2. The van der Waals surface area contributed by atoms with Gasteiger partial charge in [0.2, 0.25) is 5.91 Å². The molecule has 0 saturated carbocycles. The van der Waals surface area contributed by atoms with E-state index in [9.17, 15) is 17.6 Å². The summed E-state index contributed by atoms with van der Waals surface area (Å²) in [6.45, 7) is 1.67. The molecule has 1 saturated heterocycles. The summed E-state index contributed by atoms with van der Waals surface area (Å²) in [5, 5.41) is 5.88. The Labute approximate surface area is 164 Å². The molecule has 0 aromatic heterocycles. The van der Waals surface area contributed by atoms with Gasteiger partial charge in [0, 0.05) is 24.8 Å². The van der Waals surface area contributed by atoms with Crippen LogP contribution in [0.3, 0.4) is 0 Å². The summed E-state index contributed by atoms with van der Waals surface area (Å²) in [4.78, 5) is 14.5. The first kappa shape index (κ1) is 20.4. The molecule has 1 fully saturated rings. The van der Waals surface area contributed by atoms with Crippen LogP contribution in [0.25, 0.3) is 0 Å². The summed E-state index contributed by atoms with van der Waals surface area (Å²) in [7, 11) is -3.35. The second kappa shape index (κ2) is 9.27. The molecule has 0 radical (unpaired) electrons. The van der Waals surface area contributed by atoms with Gasteiger partial charge in [-0.3, -0.25) is 9.69 Å². The van der Waals surface area contributed by atoms with Gasteiger partial charge in [0.05, 0.1) is 11.4 Å². The van der Waals surface area contributed by atoms with Crippen LogP contribution in [-0.2, 0) is 14.6 Å². The summed E-state index contributed by atoms with van der Waals surface area (Å²) in [5.41, 5.74) is 0.564. The zero-order chi connectivity index (χ0) is 20.0. The van der Waals surface area contributed by atoms with Gasteiger partial charge >= 0.3 is 0 Å². The minimum absolute atomic E-state index is 0.0905. The molecule has 0 aliphatic carbocycles. The van der Waals surface area contributed by atoms with Crippen molar-refractivity contribution in [3.63, 3.8) is 0 Å². The minimum Gasteiger partial charge on any atom is -0.325 e. The summed E-state index contributed by atoms with van der Waals surface area (Å²) < 4.78 is 37.6. The van der Waals surface area contributed by atoms with Crippen LogP contribution < -0.4 is 10.6 Å². The second-order valence-corrected chi connectivity index (χ2v) is 8.87. The highest BCUT2D eigenvalue weighted by Crippen LogP contribution is 2.14. The maximum Gasteiger partial charge on any atom is 0.238 e. The van der Waals surface area contributed by atoms with Crippen LogP contribution in [-0.4, -0.2) is 50.8 Å². The molecular weight excluding hydrogens is 381 g/mol. The maximum atomic E-state index is 12.9. The Morgan fingerprint density at radius 3 is 2.32 bits per heavy atom. The van der Waals surface area contributed by atoms with Crippen LogP contribution in [0.4, 0.5) is 10.1 Å². The first-order chi connectivity index (χ1) is 13.4. The molecule has 1 aliphatic heterocycles. The molecule has 0 atom stereocenters. The largest absolute Gasteiger partial charge is 0.325 e. The van der Waals surface area contributed by atoms with Gasteiger partial charge in [-0.1, -0.05) is 18.2 Å². The molecule has 1 amide bonds. The zero-order valence-corrected chi connectivity index (χ0v) is 16.3. The molecule has 0 spiro atoms. The van der Waals surface area contributed by atoms with Crippen molar-refractivity contribution in [3.05, 3.63) is 60.4 Å². The highest BCUT2D eigenvalue weighted by molar-refractivity contribution is 7.91. The normalized spacial score (nSPS) is 16.0. The van der Waals surface area contributed by atoms with E-state index in [1.165, 1.54) is 24.3 Å². The van der Waals surface area contributed by atoms with Gasteiger partial charge in [-0.2, -0.15) is 0 Å². The lowest BCUT2D eigenvalue weighted by atomic mass is 10.1. The van der Waals surface area contributed by atoms with Crippen molar-refractivity contribution < 1.29 is 17.6 Å². The molecule has 6 nitrogen and oxygen atoms in total. The van der Waals surface area contributed by atoms with Crippen LogP contribution in [0.1, 0.15) is 12.8 Å².